The van der Waals surface area contributed by atoms with Gasteiger partial charge in [0.15, 0.2) is 5.69 Å². The maximum atomic E-state index is 10.7. The van der Waals surface area contributed by atoms with Crippen molar-refractivity contribution in [1.82, 2.24) is 4.98 Å². The molecule has 1 aromatic rings. The normalized spacial score (nSPS) is 12.1. The number of hydrogen-bond donors (Lipinski definition) is 1. The third-order valence-corrected chi connectivity index (χ3v) is 2.27. The highest BCUT2D eigenvalue weighted by Crippen LogP contribution is 2.13. The highest BCUT2D eigenvalue weighted by Gasteiger charge is 2.07. The zero-order valence-electron chi connectivity index (χ0n) is 9.64. The molecule has 1 unspecified atom stereocenters. The summed E-state index contributed by atoms with van der Waals surface area (Å²) < 4.78 is 5.51. The van der Waals surface area contributed by atoms with Crippen LogP contribution < -0.4 is 4.74 Å². The molecule has 0 aliphatic rings. The first-order chi connectivity index (χ1) is 7.63. The molecule has 0 bridgehead atoms. The van der Waals surface area contributed by atoms with E-state index in [4.69, 9.17) is 9.84 Å². The number of pyridine rings is 1. The third kappa shape index (κ3) is 3.88. The summed E-state index contributed by atoms with van der Waals surface area (Å²) >= 11 is 0. The predicted octanol–water partition coefficient (Wildman–Crippen LogP) is 2.59. The van der Waals surface area contributed by atoms with E-state index >= 15 is 0 Å². The van der Waals surface area contributed by atoms with Gasteiger partial charge in [0.05, 0.1) is 6.61 Å². The fraction of sp³-hybridized carbons (Fsp3) is 0.500. The predicted molar refractivity (Wildman–Crippen MR) is 60.8 cm³/mol. The lowest BCUT2D eigenvalue weighted by molar-refractivity contribution is 0.0690. The van der Waals surface area contributed by atoms with Crippen molar-refractivity contribution in [3.63, 3.8) is 0 Å². The van der Waals surface area contributed by atoms with Crippen molar-refractivity contribution in [3.8, 4) is 5.75 Å². The summed E-state index contributed by atoms with van der Waals surface area (Å²) in [4.78, 5) is 14.4. The average Bonchev–Trinajstić information content (AvgIpc) is 2.27. The van der Waals surface area contributed by atoms with E-state index in [0.717, 1.165) is 12.8 Å². The van der Waals surface area contributed by atoms with Gasteiger partial charge in [-0.05, 0) is 18.4 Å². The van der Waals surface area contributed by atoms with E-state index in [2.05, 4.69) is 18.8 Å². The lowest BCUT2D eigenvalue weighted by Crippen LogP contribution is -2.09. The number of ether oxygens (including phenoxy) is 1. The summed E-state index contributed by atoms with van der Waals surface area (Å²) in [5, 5.41) is 8.75. The number of nitrogens with zero attached hydrogens (tertiary/aromatic N) is 1. The summed E-state index contributed by atoms with van der Waals surface area (Å²) in [6.07, 6.45) is 3.68. The molecule has 0 spiro atoms. The summed E-state index contributed by atoms with van der Waals surface area (Å²) in [5.41, 5.74) is 0.0145. The van der Waals surface area contributed by atoms with Gasteiger partial charge < -0.3 is 9.84 Å². The van der Waals surface area contributed by atoms with Gasteiger partial charge in [-0.15, -0.1) is 0 Å². The van der Waals surface area contributed by atoms with E-state index in [-0.39, 0.29) is 5.69 Å². The van der Waals surface area contributed by atoms with Gasteiger partial charge in [0.2, 0.25) is 0 Å². The molecule has 0 aromatic carbocycles. The van der Waals surface area contributed by atoms with Gasteiger partial charge in [-0.3, -0.25) is 0 Å². The third-order valence-electron chi connectivity index (χ3n) is 2.27. The van der Waals surface area contributed by atoms with Gasteiger partial charge >= 0.3 is 5.97 Å². The molecule has 1 rings (SSSR count). The van der Waals surface area contributed by atoms with Crippen molar-refractivity contribution in [2.75, 3.05) is 6.61 Å². The van der Waals surface area contributed by atoms with Crippen LogP contribution in [0.3, 0.4) is 0 Å². The van der Waals surface area contributed by atoms with Crippen LogP contribution in [0.15, 0.2) is 18.3 Å². The fourth-order valence-corrected chi connectivity index (χ4v) is 1.43. The van der Waals surface area contributed by atoms with Crippen molar-refractivity contribution in [3.05, 3.63) is 24.0 Å². The van der Waals surface area contributed by atoms with Gasteiger partial charge in [0, 0.05) is 12.3 Å². The molecule has 1 N–H and O–H groups in total. The molecule has 0 amide bonds. The second kappa shape index (κ2) is 6.10. The van der Waals surface area contributed by atoms with Crippen LogP contribution >= 0.6 is 0 Å². The average molecular weight is 223 g/mol. The lowest BCUT2D eigenvalue weighted by Gasteiger charge is -2.11. The number of aromatic carboxylic acids is 1. The minimum Gasteiger partial charge on any atom is -0.493 e. The Morgan fingerprint density at radius 3 is 3.00 bits per heavy atom. The van der Waals surface area contributed by atoms with Crippen LogP contribution in [0.1, 0.15) is 37.2 Å². The highest BCUT2D eigenvalue weighted by molar-refractivity contribution is 5.85. The Kier molecular flexibility index (Phi) is 4.76. The number of carbonyl (C=O) groups is 1. The zero-order chi connectivity index (χ0) is 12.0. The van der Waals surface area contributed by atoms with E-state index in [1.807, 2.05) is 0 Å². The minimum absolute atomic E-state index is 0.0145. The van der Waals surface area contributed by atoms with Crippen molar-refractivity contribution in [2.45, 2.75) is 26.7 Å². The van der Waals surface area contributed by atoms with Gasteiger partial charge in [-0.1, -0.05) is 20.3 Å². The summed E-state index contributed by atoms with van der Waals surface area (Å²) in [6, 6.07) is 3.12. The monoisotopic (exact) mass is 223 g/mol. The molecule has 0 radical (unpaired) electrons. The molecule has 16 heavy (non-hydrogen) atoms. The van der Waals surface area contributed by atoms with Gasteiger partial charge in [0.25, 0.3) is 0 Å². The zero-order valence-corrected chi connectivity index (χ0v) is 9.64. The first kappa shape index (κ1) is 12.5. The number of carboxylic acids is 1. The number of hydrogen-bond acceptors (Lipinski definition) is 3. The first-order valence-corrected chi connectivity index (χ1v) is 5.45. The fourth-order valence-electron chi connectivity index (χ4n) is 1.43. The van der Waals surface area contributed by atoms with E-state index in [1.54, 1.807) is 6.07 Å². The molecule has 0 aliphatic heterocycles. The lowest BCUT2D eigenvalue weighted by atomic mass is 10.1. The molecule has 0 aliphatic carbocycles. The molecule has 0 saturated carbocycles. The van der Waals surface area contributed by atoms with Gasteiger partial charge in [-0.2, -0.15) is 0 Å². The molecule has 0 saturated heterocycles. The molecular formula is C12H17NO3. The number of carboxylic acid groups (broad SMARTS) is 1. The van der Waals surface area contributed by atoms with Crippen LogP contribution in [0.2, 0.25) is 0 Å². The minimum atomic E-state index is -1.04. The number of aromatic nitrogens is 1. The van der Waals surface area contributed by atoms with E-state index in [9.17, 15) is 4.79 Å². The summed E-state index contributed by atoms with van der Waals surface area (Å²) in [5.74, 6) is 0.00820. The molecular weight excluding hydrogens is 206 g/mol. The van der Waals surface area contributed by atoms with Crippen molar-refractivity contribution >= 4 is 5.97 Å². The van der Waals surface area contributed by atoms with E-state index in [1.165, 1.54) is 12.3 Å². The van der Waals surface area contributed by atoms with Gasteiger partial charge in [-0.25, -0.2) is 9.78 Å². The van der Waals surface area contributed by atoms with Crippen molar-refractivity contribution < 1.29 is 14.6 Å². The smallest absolute Gasteiger partial charge is 0.354 e. The Balaban J connectivity index is 2.54. The Morgan fingerprint density at radius 1 is 1.62 bits per heavy atom. The summed E-state index contributed by atoms with van der Waals surface area (Å²) in [7, 11) is 0. The molecule has 1 heterocycles. The Hall–Kier alpha value is -1.58. The maximum Gasteiger partial charge on any atom is 0.354 e. The molecule has 1 aromatic heterocycles. The maximum absolute atomic E-state index is 10.7. The quantitative estimate of drug-likeness (QED) is 0.805. The first-order valence-electron chi connectivity index (χ1n) is 5.45. The van der Waals surface area contributed by atoms with Crippen LogP contribution in [0.5, 0.6) is 5.75 Å². The Morgan fingerprint density at radius 2 is 2.38 bits per heavy atom. The largest absolute Gasteiger partial charge is 0.493 e. The molecule has 4 heteroatoms. The van der Waals surface area contributed by atoms with Gasteiger partial charge in [0.1, 0.15) is 5.75 Å². The van der Waals surface area contributed by atoms with Crippen LogP contribution in [-0.2, 0) is 0 Å². The SMILES string of the molecule is CCCC(C)COc1ccnc(C(=O)O)c1. The van der Waals surface area contributed by atoms with Crippen LogP contribution in [-0.4, -0.2) is 22.7 Å². The summed E-state index contributed by atoms with van der Waals surface area (Å²) in [6.45, 7) is 4.85. The Bertz CT molecular complexity index is 352. The standard InChI is InChI=1S/C12H17NO3/c1-3-4-9(2)8-16-10-5-6-13-11(7-10)12(14)15/h5-7,9H,3-4,8H2,1-2H3,(H,14,15). The molecule has 1 atom stereocenters. The topological polar surface area (TPSA) is 59.4 Å². The second-order valence-corrected chi connectivity index (χ2v) is 3.89. The van der Waals surface area contributed by atoms with Crippen molar-refractivity contribution in [1.29, 1.82) is 0 Å². The van der Waals surface area contributed by atoms with E-state index in [0.29, 0.717) is 18.3 Å². The van der Waals surface area contributed by atoms with Crippen LogP contribution in [0.25, 0.3) is 0 Å². The highest BCUT2D eigenvalue weighted by atomic mass is 16.5. The van der Waals surface area contributed by atoms with Crippen molar-refractivity contribution in [2.24, 2.45) is 5.92 Å². The molecule has 0 fully saturated rings. The molecule has 88 valence electrons. The van der Waals surface area contributed by atoms with E-state index < -0.39 is 5.97 Å². The second-order valence-electron chi connectivity index (χ2n) is 3.89. The molecule has 4 nitrogen and oxygen atoms in total. The number of rotatable bonds is 6. The van der Waals surface area contributed by atoms with Crippen LogP contribution in [0, 0.1) is 5.92 Å². The van der Waals surface area contributed by atoms with Crippen LogP contribution in [0.4, 0.5) is 0 Å². The Labute approximate surface area is 95.3 Å².